The van der Waals surface area contributed by atoms with Crippen LogP contribution in [0.5, 0.6) is 0 Å². The van der Waals surface area contributed by atoms with Crippen molar-refractivity contribution < 1.29 is 9.53 Å². The lowest BCUT2D eigenvalue weighted by Gasteiger charge is -2.14. The van der Waals surface area contributed by atoms with E-state index in [1.807, 2.05) is 25.1 Å². The Morgan fingerprint density at radius 3 is 2.53 bits per heavy atom. The summed E-state index contributed by atoms with van der Waals surface area (Å²) >= 11 is 0. The Labute approximate surface area is 91.3 Å². The van der Waals surface area contributed by atoms with E-state index < -0.39 is 0 Å². The standard InChI is InChI=1S/C13H18O2/c1-3-13(15-11(2)14)10-9-12-7-5-4-6-8-12/h4-8,13H,3,9-10H2,1-2H3. The maximum absolute atomic E-state index is 10.8. The van der Waals surface area contributed by atoms with Crippen molar-refractivity contribution in [2.24, 2.45) is 0 Å². The van der Waals surface area contributed by atoms with Crippen molar-refractivity contribution in [2.45, 2.75) is 39.2 Å². The summed E-state index contributed by atoms with van der Waals surface area (Å²) in [6.07, 6.45) is 2.81. The molecule has 0 amide bonds. The zero-order chi connectivity index (χ0) is 11.1. The Bertz CT molecular complexity index is 293. The molecular formula is C13H18O2. The van der Waals surface area contributed by atoms with Crippen LogP contribution in [0.2, 0.25) is 0 Å². The molecule has 0 aliphatic rings. The predicted octanol–water partition coefficient (Wildman–Crippen LogP) is 2.96. The second kappa shape index (κ2) is 6.23. The summed E-state index contributed by atoms with van der Waals surface area (Å²) in [4.78, 5) is 10.8. The smallest absolute Gasteiger partial charge is 0.302 e. The van der Waals surface area contributed by atoms with Crippen LogP contribution in [0.1, 0.15) is 32.3 Å². The second-order valence-electron chi connectivity index (χ2n) is 3.66. The summed E-state index contributed by atoms with van der Waals surface area (Å²) in [6, 6.07) is 10.3. The summed E-state index contributed by atoms with van der Waals surface area (Å²) in [5, 5.41) is 0. The molecule has 0 radical (unpaired) electrons. The fraction of sp³-hybridized carbons (Fsp3) is 0.462. The molecule has 2 heteroatoms. The number of rotatable bonds is 5. The van der Waals surface area contributed by atoms with Gasteiger partial charge < -0.3 is 4.74 Å². The number of esters is 1. The van der Waals surface area contributed by atoms with Gasteiger partial charge in [-0.05, 0) is 24.8 Å². The van der Waals surface area contributed by atoms with Gasteiger partial charge in [0.2, 0.25) is 0 Å². The molecule has 0 bridgehead atoms. The van der Waals surface area contributed by atoms with Gasteiger partial charge in [-0.3, -0.25) is 4.79 Å². The Hall–Kier alpha value is -1.31. The topological polar surface area (TPSA) is 26.3 Å². The summed E-state index contributed by atoms with van der Waals surface area (Å²) in [5.74, 6) is -0.185. The molecule has 82 valence electrons. The van der Waals surface area contributed by atoms with Crippen molar-refractivity contribution in [1.29, 1.82) is 0 Å². The van der Waals surface area contributed by atoms with Gasteiger partial charge in [-0.15, -0.1) is 0 Å². The van der Waals surface area contributed by atoms with Gasteiger partial charge in [-0.2, -0.15) is 0 Å². The number of hydrogen-bond donors (Lipinski definition) is 0. The highest BCUT2D eigenvalue weighted by atomic mass is 16.5. The van der Waals surface area contributed by atoms with Crippen molar-refractivity contribution in [2.75, 3.05) is 0 Å². The van der Waals surface area contributed by atoms with Crippen molar-refractivity contribution in [1.82, 2.24) is 0 Å². The SMILES string of the molecule is CCC(CCc1ccccc1)OC(C)=O. The normalized spacial score (nSPS) is 12.1. The third-order valence-corrected chi connectivity index (χ3v) is 2.39. The largest absolute Gasteiger partial charge is 0.463 e. The van der Waals surface area contributed by atoms with E-state index >= 15 is 0 Å². The van der Waals surface area contributed by atoms with Gasteiger partial charge in [0.05, 0.1) is 0 Å². The average molecular weight is 206 g/mol. The molecule has 1 aromatic rings. The molecule has 0 N–H and O–H groups in total. The maximum Gasteiger partial charge on any atom is 0.302 e. The second-order valence-corrected chi connectivity index (χ2v) is 3.66. The summed E-state index contributed by atoms with van der Waals surface area (Å²) in [7, 11) is 0. The van der Waals surface area contributed by atoms with Gasteiger partial charge in [0.1, 0.15) is 6.10 Å². The van der Waals surface area contributed by atoms with Crippen LogP contribution in [0.15, 0.2) is 30.3 Å². The van der Waals surface area contributed by atoms with Crippen molar-refractivity contribution in [3.8, 4) is 0 Å². The van der Waals surface area contributed by atoms with E-state index in [0.717, 1.165) is 19.3 Å². The summed E-state index contributed by atoms with van der Waals surface area (Å²) < 4.78 is 5.18. The minimum atomic E-state index is -0.185. The highest BCUT2D eigenvalue weighted by molar-refractivity contribution is 5.66. The molecule has 0 fully saturated rings. The minimum absolute atomic E-state index is 0.0581. The number of ether oxygens (including phenoxy) is 1. The molecule has 1 unspecified atom stereocenters. The van der Waals surface area contributed by atoms with Crippen molar-refractivity contribution >= 4 is 5.97 Å². The van der Waals surface area contributed by atoms with Gasteiger partial charge in [-0.25, -0.2) is 0 Å². The number of hydrogen-bond acceptors (Lipinski definition) is 2. The molecule has 1 atom stereocenters. The molecule has 0 spiro atoms. The molecule has 0 saturated heterocycles. The zero-order valence-corrected chi connectivity index (χ0v) is 9.40. The highest BCUT2D eigenvalue weighted by Gasteiger charge is 2.09. The minimum Gasteiger partial charge on any atom is -0.463 e. The van der Waals surface area contributed by atoms with E-state index in [1.165, 1.54) is 12.5 Å². The van der Waals surface area contributed by atoms with E-state index in [2.05, 4.69) is 12.1 Å². The van der Waals surface area contributed by atoms with Crippen LogP contribution >= 0.6 is 0 Å². The Kier molecular flexibility index (Phi) is 4.88. The van der Waals surface area contributed by atoms with Crippen molar-refractivity contribution in [3.63, 3.8) is 0 Å². The monoisotopic (exact) mass is 206 g/mol. The highest BCUT2D eigenvalue weighted by Crippen LogP contribution is 2.10. The van der Waals surface area contributed by atoms with Crippen LogP contribution in [0.4, 0.5) is 0 Å². The molecule has 1 rings (SSSR count). The van der Waals surface area contributed by atoms with Gasteiger partial charge >= 0.3 is 5.97 Å². The summed E-state index contributed by atoms with van der Waals surface area (Å²) in [5.41, 5.74) is 1.29. The third kappa shape index (κ3) is 4.63. The van der Waals surface area contributed by atoms with E-state index in [4.69, 9.17) is 4.74 Å². The van der Waals surface area contributed by atoms with Gasteiger partial charge in [0, 0.05) is 6.92 Å². The van der Waals surface area contributed by atoms with Crippen LogP contribution in [0.3, 0.4) is 0 Å². The molecular weight excluding hydrogens is 188 g/mol. The molecule has 1 aromatic carbocycles. The number of carbonyl (C=O) groups excluding carboxylic acids is 1. The van der Waals surface area contributed by atoms with E-state index in [1.54, 1.807) is 0 Å². The lowest BCUT2D eigenvalue weighted by Crippen LogP contribution is -2.16. The number of benzene rings is 1. The Balaban J connectivity index is 2.37. The lowest BCUT2D eigenvalue weighted by atomic mass is 10.1. The van der Waals surface area contributed by atoms with Crippen LogP contribution in [0.25, 0.3) is 0 Å². The van der Waals surface area contributed by atoms with Gasteiger partial charge in [0.25, 0.3) is 0 Å². The average Bonchev–Trinajstić information content (AvgIpc) is 2.25. The molecule has 0 saturated carbocycles. The van der Waals surface area contributed by atoms with Crippen LogP contribution in [0, 0.1) is 0 Å². The molecule has 0 heterocycles. The van der Waals surface area contributed by atoms with Gasteiger partial charge in [-0.1, -0.05) is 37.3 Å². The Morgan fingerprint density at radius 1 is 1.33 bits per heavy atom. The molecule has 0 aliphatic carbocycles. The predicted molar refractivity (Wildman–Crippen MR) is 60.6 cm³/mol. The van der Waals surface area contributed by atoms with Crippen LogP contribution in [-0.4, -0.2) is 12.1 Å². The molecule has 15 heavy (non-hydrogen) atoms. The quantitative estimate of drug-likeness (QED) is 0.692. The molecule has 0 aliphatic heterocycles. The third-order valence-electron chi connectivity index (χ3n) is 2.39. The first-order chi connectivity index (χ1) is 7.22. The first-order valence-electron chi connectivity index (χ1n) is 5.43. The van der Waals surface area contributed by atoms with E-state index in [0.29, 0.717) is 0 Å². The molecule has 0 aromatic heterocycles. The fourth-order valence-corrected chi connectivity index (χ4v) is 1.55. The van der Waals surface area contributed by atoms with Crippen LogP contribution in [-0.2, 0) is 16.0 Å². The fourth-order valence-electron chi connectivity index (χ4n) is 1.55. The molecule has 2 nitrogen and oxygen atoms in total. The lowest BCUT2D eigenvalue weighted by molar-refractivity contribution is -0.146. The number of aryl methyl sites for hydroxylation is 1. The van der Waals surface area contributed by atoms with E-state index in [-0.39, 0.29) is 12.1 Å². The maximum atomic E-state index is 10.8. The summed E-state index contributed by atoms with van der Waals surface area (Å²) in [6.45, 7) is 3.50. The van der Waals surface area contributed by atoms with Gasteiger partial charge in [0.15, 0.2) is 0 Å². The zero-order valence-electron chi connectivity index (χ0n) is 9.40. The first kappa shape index (κ1) is 11.8. The van der Waals surface area contributed by atoms with Crippen LogP contribution < -0.4 is 0 Å². The number of carbonyl (C=O) groups is 1. The van der Waals surface area contributed by atoms with Crippen molar-refractivity contribution in [3.05, 3.63) is 35.9 Å². The van der Waals surface area contributed by atoms with E-state index in [9.17, 15) is 4.79 Å². The Morgan fingerprint density at radius 2 is 2.00 bits per heavy atom. The first-order valence-corrected chi connectivity index (χ1v) is 5.43.